The lowest BCUT2D eigenvalue weighted by molar-refractivity contribution is 0.281. The first-order valence-corrected chi connectivity index (χ1v) is 7.42. The maximum atomic E-state index is 5.14. The summed E-state index contributed by atoms with van der Waals surface area (Å²) in [5.41, 5.74) is 2.79. The Morgan fingerprint density at radius 2 is 2.26 bits per heavy atom. The number of hydrogen-bond donors (Lipinski definition) is 1. The van der Waals surface area contributed by atoms with E-state index in [-0.39, 0.29) is 5.54 Å². The molecule has 1 aliphatic rings. The van der Waals surface area contributed by atoms with Crippen molar-refractivity contribution >= 4 is 11.3 Å². The fraction of sp³-hybridized carbons (Fsp3) is 0.615. The summed E-state index contributed by atoms with van der Waals surface area (Å²) in [6.45, 7) is 6.85. The molecule has 0 aliphatic heterocycles. The van der Waals surface area contributed by atoms with Gasteiger partial charge in [-0.2, -0.15) is 4.98 Å². The number of nitrogens with one attached hydrogen (secondary N) is 1. The van der Waals surface area contributed by atoms with E-state index >= 15 is 0 Å². The van der Waals surface area contributed by atoms with E-state index in [2.05, 4.69) is 27.4 Å². The second kappa shape index (κ2) is 4.68. The molecule has 1 saturated carbocycles. The Morgan fingerprint density at radius 1 is 1.47 bits per heavy atom. The van der Waals surface area contributed by atoms with Gasteiger partial charge in [0.15, 0.2) is 5.82 Å². The Morgan fingerprint density at radius 3 is 2.79 bits per heavy atom. The molecule has 0 amide bonds. The van der Waals surface area contributed by atoms with Crippen molar-refractivity contribution in [3.05, 3.63) is 27.8 Å². The predicted molar refractivity (Wildman–Crippen MR) is 72.8 cm³/mol. The van der Waals surface area contributed by atoms with Gasteiger partial charge in [-0.3, -0.25) is 5.32 Å². The molecule has 19 heavy (non-hydrogen) atoms. The van der Waals surface area contributed by atoms with E-state index in [1.165, 1.54) is 17.7 Å². The molecule has 2 aromatic rings. The first kappa shape index (κ1) is 12.7. The van der Waals surface area contributed by atoms with Crippen LogP contribution in [0.1, 0.15) is 42.1 Å². The molecule has 3 rings (SSSR count). The summed E-state index contributed by atoms with van der Waals surface area (Å²) in [6.07, 6.45) is 2.44. The van der Waals surface area contributed by atoms with Gasteiger partial charge >= 0.3 is 0 Å². The maximum absolute atomic E-state index is 5.14. The van der Waals surface area contributed by atoms with Gasteiger partial charge in [-0.05, 0) is 32.6 Å². The monoisotopic (exact) mass is 278 g/mol. The second-order valence-electron chi connectivity index (χ2n) is 5.33. The Kier molecular flexibility index (Phi) is 3.14. The van der Waals surface area contributed by atoms with Crippen LogP contribution in [0, 0.1) is 19.8 Å². The fourth-order valence-electron chi connectivity index (χ4n) is 2.34. The first-order chi connectivity index (χ1) is 9.09. The van der Waals surface area contributed by atoms with E-state index in [1.807, 2.05) is 19.4 Å². The van der Waals surface area contributed by atoms with Gasteiger partial charge in [0, 0.05) is 18.3 Å². The molecule has 5 nitrogen and oxygen atoms in total. The van der Waals surface area contributed by atoms with Crippen molar-refractivity contribution in [3.8, 4) is 0 Å². The molecule has 2 heterocycles. The van der Waals surface area contributed by atoms with Crippen molar-refractivity contribution in [3.63, 3.8) is 0 Å². The van der Waals surface area contributed by atoms with Crippen molar-refractivity contribution in [2.24, 2.45) is 5.92 Å². The van der Waals surface area contributed by atoms with Gasteiger partial charge in [0.1, 0.15) is 0 Å². The highest BCUT2D eigenvalue weighted by atomic mass is 32.1. The molecule has 0 aromatic carbocycles. The molecular weight excluding hydrogens is 260 g/mol. The van der Waals surface area contributed by atoms with Crippen LogP contribution in [0.2, 0.25) is 0 Å². The molecule has 1 aliphatic carbocycles. The summed E-state index contributed by atoms with van der Waals surface area (Å²) in [7, 11) is 0. The zero-order chi connectivity index (χ0) is 13.5. The van der Waals surface area contributed by atoms with E-state index in [0.717, 1.165) is 18.1 Å². The lowest BCUT2D eigenvalue weighted by Crippen LogP contribution is -2.42. The molecule has 0 radical (unpaired) electrons. The number of hydrogen-bond acceptors (Lipinski definition) is 6. The molecule has 1 unspecified atom stereocenters. The van der Waals surface area contributed by atoms with Crippen molar-refractivity contribution < 1.29 is 4.52 Å². The number of nitrogens with zero attached hydrogens (tertiary/aromatic N) is 3. The van der Waals surface area contributed by atoms with E-state index in [4.69, 9.17) is 4.52 Å². The second-order valence-corrected chi connectivity index (χ2v) is 6.27. The lowest BCUT2D eigenvalue weighted by atomic mass is 9.94. The van der Waals surface area contributed by atoms with Crippen molar-refractivity contribution in [2.75, 3.05) is 0 Å². The minimum absolute atomic E-state index is 0.200. The largest absolute Gasteiger partial charge is 0.340 e. The van der Waals surface area contributed by atoms with Crippen LogP contribution >= 0.6 is 11.3 Å². The zero-order valence-corrected chi connectivity index (χ0v) is 12.3. The third kappa shape index (κ3) is 2.42. The Balaban J connectivity index is 1.79. The highest BCUT2D eigenvalue weighted by Gasteiger charge is 2.45. The molecule has 1 N–H and O–H groups in total. The average Bonchev–Trinajstić information content (AvgIpc) is 3.04. The molecule has 1 fully saturated rings. The summed E-state index contributed by atoms with van der Waals surface area (Å²) in [4.78, 5) is 9.97. The van der Waals surface area contributed by atoms with Gasteiger partial charge in [0.2, 0.25) is 5.89 Å². The van der Waals surface area contributed by atoms with Gasteiger partial charge in [-0.1, -0.05) is 5.16 Å². The standard InChI is InChI=1S/C13H18N4OS/c1-8-11(19-7-14-8)6-15-13(3,10-4-5-10)12-16-9(2)18-17-12/h7,10,15H,4-6H2,1-3H3. The number of aromatic nitrogens is 3. The van der Waals surface area contributed by atoms with E-state index in [1.54, 1.807) is 11.3 Å². The Labute approximate surface area is 116 Å². The summed E-state index contributed by atoms with van der Waals surface area (Å²) in [5, 5.41) is 7.73. The number of rotatable bonds is 5. The Bertz CT molecular complexity index is 575. The molecular formula is C13H18N4OS. The molecule has 102 valence electrons. The van der Waals surface area contributed by atoms with Crippen LogP contribution < -0.4 is 5.32 Å². The van der Waals surface area contributed by atoms with Gasteiger partial charge in [-0.25, -0.2) is 4.98 Å². The Hall–Kier alpha value is -1.27. The highest BCUT2D eigenvalue weighted by Crippen LogP contribution is 2.44. The topological polar surface area (TPSA) is 63.8 Å². The first-order valence-electron chi connectivity index (χ1n) is 6.54. The van der Waals surface area contributed by atoms with Crippen molar-refractivity contribution in [1.82, 2.24) is 20.4 Å². The lowest BCUT2D eigenvalue weighted by Gasteiger charge is -2.27. The summed E-state index contributed by atoms with van der Waals surface area (Å²) in [6, 6.07) is 0. The average molecular weight is 278 g/mol. The van der Waals surface area contributed by atoms with Crippen LogP contribution in [0.15, 0.2) is 10.0 Å². The van der Waals surface area contributed by atoms with Crippen LogP contribution in [-0.2, 0) is 12.1 Å². The fourth-order valence-corrected chi connectivity index (χ4v) is 3.05. The summed E-state index contributed by atoms with van der Waals surface area (Å²) >= 11 is 1.68. The summed E-state index contributed by atoms with van der Waals surface area (Å²) in [5.74, 6) is 1.99. The van der Waals surface area contributed by atoms with E-state index in [9.17, 15) is 0 Å². The molecule has 0 saturated heterocycles. The van der Waals surface area contributed by atoms with Crippen LogP contribution in [0.3, 0.4) is 0 Å². The molecule has 6 heteroatoms. The van der Waals surface area contributed by atoms with Crippen LogP contribution in [-0.4, -0.2) is 15.1 Å². The van der Waals surface area contributed by atoms with Crippen LogP contribution in [0.5, 0.6) is 0 Å². The molecule has 2 aromatic heterocycles. The predicted octanol–water partition coefficient (Wildman–Crippen LogP) is 2.56. The third-order valence-corrected chi connectivity index (χ3v) is 4.78. The molecule has 0 spiro atoms. The van der Waals surface area contributed by atoms with Gasteiger partial charge in [0.05, 0.1) is 16.7 Å². The molecule has 0 bridgehead atoms. The minimum Gasteiger partial charge on any atom is -0.340 e. The van der Waals surface area contributed by atoms with Crippen LogP contribution in [0.4, 0.5) is 0 Å². The number of thiazole rings is 1. The minimum atomic E-state index is -0.200. The van der Waals surface area contributed by atoms with Crippen molar-refractivity contribution in [1.29, 1.82) is 0 Å². The smallest absolute Gasteiger partial charge is 0.223 e. The normalized spacial score (nSPS) is 18.5. The van der Waals surface area contributed by atoms with E-state index in [0.29, 0.717) is 11.8 Å². The quantitative estimate of drug-likeness (QED) is 0.910. The van der Waals surface area contributed by atoms with Gasteiger partial charge in [0.25, 0.3) is 0 Å². The van der Waals surface area contributed by atoms with Crippen LogP contribution in [0.25, 0.3) is 0 Å². The maximum Gasteiger partial charge on any atom is 0.223 e. The summed E-state index contributed by atoms with van der Waals surface area (Å²) < 4.78 is 5.14. The van der Waals surface area contributed by atoms with Gasteiger partial charge in [-0.15, -0.1) is 11.3 Å². The zero-order valence-electron chi connectivity index (χ0n) is 11.4. The SMILES string of the molecule is Cc1nc(C(C)(NCc2scnc2C)C2CC2)no1. The van der Waals surface area contributed by atoms with Gasteiger partial charge < -0.3 is 4.52 Å². The van der Waals surface area contributed by atoms with E-state index < -0.39 is 0 Å². The third-order valence-electron chi connectivity index (χ3n) is 3.85. The molecule has 1 atom stereocenters. The highest BCUT2D eigenvalue weighted by molar-refractivity contribution is 7.09. The number of aryl methyl sites for hydroxylation is 2. The van der Waals surface area contributed by atoms with Crippen molar-refractivity contribution in [2.45, 2.75) is 45.7 Å².